The van der Waals surface area contributed by atoms with E-state index in [2.05, 4.69) is 6.92 Å². The fourth-order valence-electron chi connectivity index (χ4n) is 0.361. The maximum atomic E-state index is 4.98. The van der Waals surface area contributed by atoms with E-state index in [0.29, 0.717) is 6.61 Å². The maximum Gasteiger partial charge on any atom is 0.117 e. The topological polar surface area (TPSA) is 18.5 Å². The fourth-order valence-corrected chi connectivity index (χ4v) is 0.361. The molecule has 0 saturated heterocycles. The van der Waals surface area contributed by atoms with Crippen LogP contribution in [0.3, 0.4) is 0 Å². The van der Waals surface area contributed by atoms with Crippen molar-refractivity contribution in [3.63, 3.8) is 0 Å². The van der Waals surface area contributed by atoms with Crippen LogP contribution in [0.2, 0.25) is 0 Å². The highest BCUT2D eigenvalue weighted by molar-refractivity contribution is 4.59. The van der Waals surface area contributed by atoms with Gasteiger partial charge in [-0.1, -0.05) is 6.92 Å². The molecule has 54 valence electrons. The molecule has 0 rings (SSSR count). The Hall–Kier alpha value is -0.660. The Kier molecular flexibility index (Phi) is 6.80. The third kappa shape index (κ3) is 7.34. The third-order valence-electron chi connectivity index (χ3n) is 0.737. The molecule has 0 aliphatic carbocycles. The number of ether oxygens (including phenoxy) is 2. The Morgan fingerprint density at radius 1 is 1.11 bits per heavy atom. The molecule has 0 spiro atoms. The molecule has 0 atom stereocenters. The second-order valence-electron chi connectivity index (χ2n) is 1.60. The lowest BCUT2D eigenvalue weighted by molar-refractivity contribution is 0.212. The summed E-state index contributed by atoms with van der Waals surface area (Å²) >= 11 is 0. The molecule has 0 aromatic heterocycles. The van der Waals surface area contributed by atoms with Crippen LogP contribution in [0.1, 0.15) is 20.3 Å². The normalized spacial score (nSPS) is 10.0. The first-order valence-electron chi connectivity index (χ1n) is 3.30. The van der Waals surface area contributed by atoms with Crippen LogP contribution >= 0.6 is 0 Å². The second kappa shape index (κ2) is 7.34. The van der Waals surface area contributed by atoms with Gasteiger partial charge in [0.2, 0.25) is 0 Å². The van der Waals surface area contributed by atoms with Crippen LogP contribution in [0.15, 0.2) is 12.5 Å². The lowest BCUT2D eigenvalue weighted by atomic mass is 10.5. The lowest BCUT2D eigenvalue weighted by Crippen LogP contribution is -1.83. The zero-order valence-electron chi connectivity index (χ0n) is 6.09. The van der Waals surface area contributed by atoms with Crippen LogP contribution in [-0.2, 0) is 9.47 Å². The van der Waals surface area contributed by atoms with Crippen LogP contribution in [0.25, 0.3) is 0 Å². The van der Waals surface area contributed by atoms with E-state index in [9.17, 15) is 0 Å². The summed E-state index contributed by atoms with van der Waals surface area (Å²) in [7, 11) is 0. The van der Waals surface area contributed by atoms with Gasteiger partial charge in [0.05, 0.1) is 13.2 Å². The highest BCUT2D eigenvalue weighted by Gasteiger charge is 1.73. The van der Waals surface area contributed by atoms with E-state index in [0.717, 1.165) is 13.0 Å². The van der Waals surface area contributed by atoms with Gasteiger partial charge >= 0.3 is 0 Å². The first kappa shape index (κ1) is 8.34. The first-order chi connectivity index (χ1) is 4.41. The molecule has 0 aliphatic rings. The van der Waals surface area contributed by atoms with Gasteiger partial charge in [0.25, 0.3) is 0 Å². The average Bonchev–Trinajstić information content (AvgIpc) is 1.89. The summed E-state index contributed by atoms with van der Waals surface area (Å²) in [4.78, 5) is 0. The van der Waals surface area contributed by atoms with Crippen molar-refractivity contribution < 1.29 is 9.47 Å². The van der Waals surface area contributed by atoms with Gasteiger partial charge in [-0.05, 0) is 13.3 Å². The van der Waals surface area contributed by atoms with Crippen molar-refractivity contribution in [3.8, 4) is 0 Å². The maximum absolute atomic E-state index is 4.98. The number of hydrogen-bond donors (Lipinski definition) is 0. The van der Waals surface area contributed by atoms with Gasteiger partial charge < -0.3 is 9.47 Å². The molecule has 2 nitrogen and oxygen atoms in total. The van der Waals surface area contributed by atoms with E-state index < -0.39 is 0 Å². The van der Waals surface area contributed by atoms with Gasteiger partial charge in [0.15, 0.2) is 0 Å². The van der Waals surface area contributed by atoms with E-state index in [-0.39, 0.29) is 0 Å². The van der Waals surface area contributed by atoms with Crippen LogP contribution in [0.5, 0.6) is 0 Å². The minimum atomic E-state index is 0.700. The van der Waals surface area contributed by atoms with E-state index in [4.69, 9.17) is 9.47 Å². The molecular formula is C7H14O2. The summed E-state index contributed by atoms with van der Waals surface area (Å²) in [5.74, 6) is 0. The minimum Gasteiger partial charge on any atom is -0.498 e. The van der Waals surface area contributed by atoms with E-state index in [1.165, 1.54) is 0 Å². The van der Waals surface area contributed by atoms with Gasteiger partial charge in [-0.15, -0.1) is 0 Å². The molecule has 0 aromatic carbocycles. The largest absolute Gasteiger partial charge is 0.498 e. The van der Waals surface area contributed by atoms with E-state index in [1.54, 1.807) is 12.5 Å². The molecule has 0 bridgehead atoms. The Bertz CT molecular complexity index is 69.3. The van der Waals surface area contributed by atoms with Crippen molar-refractivity contribution in [2.45, 2.75) is 20.3 Å². The fraction of sp³-hybridized carbons (Fsp3) is 0.714. The quantitative estimate of drug-likeness (QED) is 0.418. The average molecular weight is 130 g/mol. The minimum absolute atomic E-state index is 0.700. The van der Waals surface area contributed by atoms with Crippen molar-refractivity contribution in [2.24, 2.45) is 0 Å². The van der Waals surface area contributed by atoms with E-state index >= 15 is 0 Å². The molecule has 0 aromatic rings. The monoisotopic (exact) mass is 130 g/mol. The zero-order valence-corrected chi connectivity index (χ0v) is 6.09. The molecule has 9 heavy (non-hydrogen) atoms. The van der Waals surface area contributed by atoms with Crippen LogP contribution in [0.4, 0.5) is 0 Å². The van der Waals surface area contributed by atoms with Crippen molar-refractivity contribution in [1.29, 1.82) is 0 Å². The molecular weight excluding hydrogens is 116 g/mol. The SMILES string of the molecule is CCCO/C=C/OCC. The number of rotatable bonds is 5. The smallest absolute Gasteiger partial charge is 0.117 e. The van der Waals surface area contributed by atoms with Gasteiger partial charge in [0, 0.05) is 0 Å². The molecule has 0 unspecified atom stereocenters. The van der Waals surface area contributed by atoms with E-state index in [1.807, 2.05) is 6.92 Å². The van der Waals surface area contributed by atoms with Crippen molar-refractivity contribution in [1.82, 2.24) is 0 Å². The standard InChI is InChI=1S/C7H14O2/c1-3-5-9-7-6-8-4-2/h6-7H,3-5H2,1-2H3/b7-6+. The number of hydrogen-bond acceptors (Lipinski definition) is 2. The molecule has 0 saturated carbocycles. The molecule has 0 N–H and O–H groups in total. The first-order valence-corrected chi connectivity index (χ1v) is 3.30. The second-order valence-corrected chi connectivity index (χ2v) is 1.60. The summed E-state index contributed by atoms with van der Waals surface area (Å²) in [6.45, 7) is 5.47. The van der Waals surface area contributed by atoms with Crippen LogP contribution in [-0.4, -0.2) is 13.2 Å². The van der Waals surface area contributed by atoms with Crippen molar-refractivity contribution in [2.75, 3.05) is 13.2 Å². The summed E-state index contributed by atoms with van der Waals surface area (Å²) < 4.78 is 9.85. The third-order valence-corrected chi connectivity index (χ3v) is 0.737. The summed E-state index contributed by atoms with van der Waals surface area (Å²) in [6, 6.07) is 0. The van der Waals surface area contributed by atoms with Crippen molar-refractivity contribution >= 4 is 0 Å². The highest BCUT2D eigenvalue weighted by atomic mass is 16.5. The Balaban J connectivity index is 2.86. The summed E-state index contributed by atoms with van der Waals surface area (Å²) in [5, 5.41) is 0. The zero-order chi connectivity index (χ0) is 6.95. The van der Waals surface area contributed by atoms with Gasteiger partial charge in [-0.3, -0.25) is 0 Å². The predicted molar refractivity (Wildman–Crippen MR) is 37.0 cm³/mol. The lowest BCUT2D eigenvalue weighted by Gasteiger charge is -1.95. The predicted octanol–water partition coefficient (Wildman–Crippen LogP) is 1.92. The summed E-state index contributed by atoms with van der Waals surface area (Å²) in [5.41, 5.74) is 0. The Morgan fingerprint density at radius 3 is 2.33 bits per heavy atom. The van der Waals surface area contributed by atoms with Crippen LogP contribution < -0.4 is 0 Å². The Morgan fingerprint density at radius 2 is 1.78 bits per heavy atom. The molecule has 0 aliphatic heterocycles. The van der Waals surface area contributed by atoms with Crippen LogP contribution in [0, 0.1) is 0 Å². The summed E-state index contributed by atoms with van der Waals surface area (Å²) in [6.07, 6.45) is 4.18. The molecule has 0 heterocycles. The Labute approximate surface area is 56.5 Å². The van der Waals surface area contributed by atoms with Crippen molar-refractivity contribution in [3.05, 3.63) is 12.5 Å². The molecule has 0 fully saturated rings. The molecule has 0 amide bonds. The van der Waals surface area contributed by atoms with Gasteiger partial charge in [-0.25, -0.2) is 0 Å². The van der Waals surface area contributed by atoms with Gasteiger partial charge in [-0.2, -0.15) is 0 Å². The van der Waals surface area contributed by atoms with Gasteiger partial charge in [0.1, 0.15) is 12.5 Å². The highest BCUT2D eigenvalue weighted by Crippen LogP contribution is 1.82. The molecule has 2 heteroatoms. The molecule has 0 radical (unpaired) electrons.